The van der Waals surface area contributed by atoms with E-state index in [0.29, 0.717) is 24.3 Å². The molecule has 0 aliphatic carbocycles. The molecule has 0 bridgehead atoms. The van der Waals surface area contributed by atoms with Gasteiger partial charge in [0.25, 0.3) is 0 Å². The van der Waals surface area contributed by atoms with E-state index >= 15 is 0 Å². The molecule has 3 aromatic rings. The Morgan fingerprint density at radius 1 is 1.19 bits per heavy atom. The van der Waals surface area contributed by atoms with Crippen molar-refractivity contribution >= 4 is 22.7 Å². The fourth-order valence-electron chi connectivity index (χ4n) is 2.64. The van der Waals surface area contributed by atoms with Crippen LogP contribution in [0.15, 0.2) is 55.0 Å². The van der Waals surface area contributed by atoms with Crippen LogP contribution in [-0.2, 0) is 9.53 Å². The van der Waals surface area contributed by atoms with E-state index in [-0.39, 0.29) is 12.2 Å². The maximum Gasteiger partial charge on any atom is 0.306 e. The Balaban J connectivity index is 1.47. The summed E-state index contributed by atoms with van der Waals surface area (Å²) in [6, 6.07) is 11.1. The molecule has 0 radical (unpaired) electrons. The third-order valence-corrected chi connectivity index (χ3v) is 3.96. The van der Waals surface area contributed by atoms with Gasteiger partial charge in [-0.15, -0.1) is 0 Å². The first kappa shape index (κ1) is 17.7. The predicted molar refractivity (Wildman–Crippen MR) is 97.1 cm³/mol. The van der Waals surface area contributed by atoms with Gasteiger partial charge in [0, 0.05) is 35.3 Å². The highest BCUT2D eigenvalue weighted by molar-refractivity contribution is 6.10. The van der Waals surface area contributed by atoms with E-state index in [1.807, 2.05) is 24.3 Å². The van der Waals surface area contributed by atoms with E-state index in [1.54, 1.807) is 37.6 Å². The molecule has 2 heterocycles. The van der Waals surface area contributed by atoms with Crippen molar-refractivity contribution in [3.05, 3.63) is 60.6 Å². The zero-order valence-electron chi connectivity index (χ0n) is 14.5. The number of nitrogens with zero attached hydrogens (tertiary/aromatic N) is 1. The number of nitrogens with one attached hydrogen (secondary N) is 1. The summed E-state index contributed by atoms with van der Waals surface area (Å²) >= 11 is 0. The molecular formula is C20H20N2O4. The number of fused-ring (bicyclic) bond motifs is 1. The van der Waals surface area contributed by atoms with Crippen molar-refractivity contribution in [3.8, 4) is 5.75 Å². The van der Waals surface area contributed by atoms with Crippen molar-refractivity contribution < 1.29 is 19.1 Å². The number of ketones is 1. The van der Waals surface area contributed by atoms with Crippen LogP contribution in [-0.4, -0.2) is 34.4 Å². The maximum atomic E-state index is 12.5. The zero-order chi connectivity index (χ0) is 18.4. The van der Waals surface area contributed by atoms with Gasteiger partial charge in [-0.05, 0) is 31.5 Å². The fraction of sp³-hybridized carbons (Fsp3) is 0.250. The van der Waals surface area contributed by atoms with Crippen LogP contribution in [0.5, 0.6) is 5.75 Å². The van der Waals surface area contributed by atoms with Crippen LogP contribution in [0, 0.1) is 0 Å². The predicted octanol–water partition coefficient (Wildman–Crippen LogP) is 3.54. The zero-order valence-corrected chi connectivity index (χ0v) is 14.5. The second-order valence-electron chi connectivity index (χ2n) is 5.89. The number of carbonyl (C=O) groups is 2. The molecule has 0 fully saturated rings. The first-order chi connectivity index (χ1) is 12.6. The van der Waals surface area contributed by atoms with Crippen molar-refractivity contribution in [1.29, 1.82) is 0 Å². The lowest BCUT2D eigenvalue weighted by atomic mass is 10.1. The van der Waals surface area contributed by atoms with Crippen LogP contribution < -0.4 is 4.74 Å². The van der Waals surface area contributed by atoms with Gasteiger partial charge in [-0.1, -0.05) is 18.2 Å². The van der Waals surface area contributed by atoms with Crippen molar-refractivity contribution in [2.45, 2.75) is 25.9 Å². The molecule has 0 spiro atoms. The van der Waals surface area contributed by atoms with Crippen LogP contribution >= 0.6 is 0 Å². The Bertz CT molecular complexity index is 889. The van der Waals surface area contributed by atoms with Gasteiger partial charge in [0.2, 0.25) is 5.78 Å². The second-order valence-corrected chi connectivity index (χ2v) is 5.89. The van der Waals surface area contributed by atoms with E-state index in [0.717, 1.165) is 10.9 Å². The van der Waals surface area contributed by atoms with Gasteiger partial charge in [0.05, 0.1) is 12.8 Å². The van der Waals surface area contributed by atoms with Crippen LogP contribution in [0.3, 0.4) is 0 Å². The minimum Gasteiger partial charge on any atom is -0.492 e. The number of H-pyrrole nitrogens is 1. The van der Waals surface area contributed by atoms with Gasteiger partial charge in [0.15, 0.2) is 6.10 Å². The van der Waals surface area contributed by atoms with Crippen LogP contribution in [0.2, 0.25) is 0 Å². The Morgan fingerprint density at radius 2 is 2.04 bits per heavy atom. The Morgan fingerprint density at radius 3 is 2.85 bits per heavy atom. The molecule has 3 rings (SSSR count). The average molecular weight is 352 g/mol. The van der Waals surface area contributed by atoms with Crippen molar-refractivity contribution in [1.82, 2.24) is 9.97 Å². The van der Waals surface area contributed by atoms with Gasteiger partial charge < -0.3 is 14.5 Å². The molecule has 0 saturated carbocycles. The lowest BCUT2D eigenvalue weighted by molar-refractivity contribution is -0.146. The van der Waals surface area contributed by atoms with Gasteiger partial charge >= 0.3 is 5.97 Å². The lowest BCUT2D eigenvalue weighted by Crippen LogP contribution is -2.24. The highest BCUT2D eigenvalue weighted by Crippen LogP contribution is 2.20. The molecule has 0 aliphatic heterocycles. The third kappa shape index (κ3) is 4.27. The van der Waals surface area contributed by atoms with E-state index in [2.05, 4.69) is 9.97 Å². The Labute approximate surface area is 151 Å². The molecule has 1 aromatic carbocycles. The molecule has 1 atom stereocenters. The standard InChI is InChI=1S/C20H20N2O4/c1-14(20(24)17-13-22-18-8-3-2-7-16(17)18)26-19(23)9-5-11-25-15-6-4-10-21-12-15/h2-4,6-8,10,12-14,22H,5,9,11H2,1H3/t14-/m1/s1. The summed E-state index contributed by atoms with van der Waals surface area (Å²) in [6.07, 6.45) is 4.78. The molecule has 0 amide bonds. The van der Waals surface area contributed by atoms with Gasteiger partial charge in [0.1, 0.15) is 5.75 Å². The molecular weight excluding hydrogens is 332 g/mol. The first-order valence-corrected chi connectivity index (χ1v) is 8.48. The molecule has 0 aliphatic rings. The normalized spacial score (nSPS) is 11.9. The largest absolute Gasteiger partial charge is 0.492 e. The maximum absolute atomic E-state index is 12.5. The number of Topliss-reactive ketones (excluding diaryl/α,β-unsaturated/α-hetero) is 1. The molecule has 0 saturated heterocycles. The van der Waals surface area contributed by atoms with Gasteiger partial charge in [-0.3, -0.25) is 14.6 Å². The van der Waals surface area contributed by atoms with E-state index in [1.165, 1.54) is 0 Å². The van der Waals surface area contributed by atoms with Crippen molar-refractivity contribution in [2.75, 3.05) is 6.61 Å². The summed E-state index contributed by atoms with van der Waals surface area (Å²) in [5.74, 6) is 0.0200. The number of aromatic nitrogens is 2. The quantitative estimate of drug-likeness (QED) is 0.381. The number of benzene rings is 1. The fourth-order valence-corrected chi connectivity index (χ4v) is 2.64. The molecule has 2 aromatic heterocycles. The molecule has 0 unspecified atom stereocenters. The number of pyridine rings is 1. The molecule has 1 N–H and O–H groups in total. The van der Waals surface area contributed by atoms with E-state index in [4.69, 9.17) is 9.47 Å². The smallest absolute Gasteiger partial charge is 0.306 e. The number of hydrogen-bond acceptors (Lipinski definition) is 5. The van der Waals surface area contributed by atoms with E-state index < -0.39 is 12.1 Å². The number of carbonyl (C=O) groups excluding carboxylic acids is 2. The highest BCUT2D eigenvalue weighted by Gasteiger charge is 2.22. The Kier molecular flexibility index (Phi) is 5.63. The summed E-state index contributed by atoms with van der Waals surface area (Å²) in [6.45, 7) is 1.97. The second kappa shape index (κ2) is 8.29. The topological polar surface area (TPSA) is 81.3 Å². The Hall–Kier alpha value is -3.15. The average Bonchev–Trinajstić information content (AvgIpc) is 3.09. The number of esters is 1. The SMILES string of the molecule is C[C@@H](OC(=O)CCCOc1cccnc1)C(=O)c1c[nH]c2ccccc12. The number of para-hydroxylation sites is 1. The molecule has 6 nitrogen and oxygen atoms in total. The summed E-state index contributed by atoms with van der Waals surface area (Å²) in [5, 5.41) is 0.824. The summed E-state index contributed by atoms with van der Waals surface area (Å²) in [7, 11) is 0. The van der Waals surface area contributed by atoms with Crippen LogP contribution in [0.1, 0.15) is 30.1 Å². The summed E-state index contributed by atoms with van der Waals surface area (Å²) < 4.78 is 10.7. The molecule has 6 heteroatoms. The third-order valence-electron chi connectivity index (χ3n) is 3.96. The summed E-state index contributed by atoms with van der Waals surface area (Å²) in [4.78, 5) is 31.5. The molecule has 134 valence electrons. The number of aromatic amines is 1. The number of ether oxygens (including phenoxy) is 2. The van der Waals surface area contributed by atoms with Crippen LogP contribution in [0.25, 0.3) is 10.9 Å². The molecule has 26 heavy (non-hydrogen) atoms. The minimum absolute atomic E-state index is 0.186. The lowest BCUT2D eigenvalue weighted by Gasteiger charge is -2.12. The minimum atomic E-state index is -0.832. The van der Waals surface area contributed by atoms with Gasteiger partial charge in [-0.25, -0.2) is 0 Å². The van der Waals surface area contributed by atoms with Crippen molar-refractivity contribution in [3.63, 3.8) is 0 Å². The first-order valence-electron chi connectivity index (χ1n) is 8.48. The van der Waals surface area contributed by atoms with E-state index in [9.17, 15) is 9.59 Å². The number of rotatable bonds is 8. The van der Waals surface area contributed by atoms with Crippen LogP contribution in [0.4, 0.5) is 0 Å². The summed E-state index contributed by atoms with van der Waals surface area (Å²) in [5.41, 5.74) is 1.41. The number of hydrogen-bond donors (Lipinski definition) is 1. The highest BCUT2D eigenvalue weighted by atomic mass is 16.5. The van der Waals surface area contributed by atoms with Crippen molar-refractivity contribution in [2.24, 2.45) is 0 Å². The van der Waals surface area contributed by atoms with Gasteiger partial charge in [-0.2, -0.15) is 0 Å². The monoisotopic (exact) mass is 352 g/mol.